The van der Waals surface area contributed by atoms with Crippen molar-refractivity contribution in [2.75, 3.05) is 39.4 Å². The van der Waals surface area contributed by atoms with E-state index in [4.69, 9.17) is 19.3 Å². The maximum Gasteiger partial charge on any atom is 0.274 e. The minimum Gasteiger partial charge on any atom is -0.381 e. The number of carbonyl (C=O) groups excluding carboxylic acids is 2. The summed E-state index contributed by atoms with van der Waals surface area (Å²) in [7, 11) is 0. The summed E-state index contributed by atoms with van der Waals surface area (Å²) in [5.74, 6) is 0.825. The number of aromatic amines is 1. The number of amides is 2. The second kappa shape index (κ2) is 9.21. The normalized spacial score (nSPS) is 22.2. The van der Waals surface area contributed by atoms with Gasteiger partial charge in [-0.05, 0) is 25.8 Å². The molecular weight excluding hydrogens is 480 g/mol. The molecule has 2 unspecified atom stereocenters. The standard InChI is InChI=1S/C24H28N8O5/c1-15(32-5-2-18(28-32)16-3-6-36-7-4-16)22-27-21(29-37-22)17-10-31(13-24(17)11-30(12-24)14-33)23(35)19-8-26-20(34)9-25-19/h2,5,8-9,14-17H,3-4,6-7,10-13H2,1H3,(H,26,34). The highest BCUT2D eigenvalue weighted by molar-refractivity contribution is 5.92. The lowest BCUT2D eigenvalue weighted by molar-refractivity contribution is -0.129. The van der Waals surface area contributed by atoms with E-state index in [0.717, 1.165) is 44.4 Å². The number of nitrogens with zero attached hydrogens (tertiary/aromatic N) is 7. The highest BCUT2D eigenvalue weighted by atomic mass is 16.5. The second-order valence-corrected chi connectivity index (χ2v) is 10.2. The van der Waals surface area contributed by atoms with Crippen LogP contribution in [0.5, 0.6) is 0 Å². The zero-order valence-electron chi connectivity index (χ0n) is 20.4. The first kappa shape index (κ1) is 23.5. The van der Waals surface area contributed by atoms with Gasteiger partial charge in [0.25, 0.3) is 17.4 Å². The summed E-state index contributed by atoms with van der Waals surface area (Å²) in [5, 5.41) is 9.07. The van der Waals surface area contributed by atoms with Crippen LogP contribution in [0, 0.1) is 5.41 Å². The van der Waals surface area contributed by atoms with Crippen LogP contribution in [-0.4, -0.2) is 91.4 Å². The van der Waals surface area contributed by atoms with Crippen molar-refractivity contribution >= 4 is 12.3 Å². The van der Waals surface area contributed by atoms with Gasteiger partial charge < -0.3 is 24.0 Å². The molecule has 3 saturated heterocycles. The summed E-state index contributed by atoms with van der Waals surface area (Å²) >= 11 is 0. The van der Waals surface area contributed by atoms with Crippen LogP contribution in [0.1, 0.15) is 65.5 Å². The Morgan fingerprint density at radius 2 is 2.08 bits per heavy atom. The summed E-state index contributed by atoms with van der Waals surface area (Å²) in [6, 6.07) is 1.77. The van der Waals surface area contributed by atoms with Crippen molar-refractivity contribution in [1.82, 2.24) is 39.7 Å². The van der Waals surface area contributed by atoms with Gasteiger partial charge in [0.05, 0.1) is 17.8 Å². The molecule has 0 aromatic carbocycles. The van der Waals surface area contributed by atoms with Crippen LogP contribution in [0.3, 0.4) is 0 Å². The molecule has 6 heterocycles. The zero-order chi connectivity index (χ0) is 25.6. The largest absolute Gasteiger partial charge is 0.381 e. The average molecular weight is 509 g/mol. The topological polar surface area (TPSA) is 152 Å². The van der Waals surface area contributed by atoms with E-state index < -0.39 is 0 Å². The average Bonchev–Trinajstić information content (AvgIpc) is 3.66. The molecule has 13 nitrogen and oxygen atoms in total. The van der Waals surface area contributed by atoms with Gasteiger partial charge in [-0.2, -0.15) is 10.1 Å². The maximum absolute atomic E-state index is 13.1. The Hall–Kier alpha value is -3.87. The number of ether oxygens (including phenoxy) is 1. The molecule has 2 atom stereocenters. The molecule has 1 spiro atoms. The Kier molecular flexibility index (Phi) is 5.86. The first-order valence-corrected chi connectivity index (χ1v) is 12.5. The second-order valence-electron chi connectivity index (χ2n) is 10.2. The van der Waals surface area contributed by atoms with Gasteiger partial charge in [-0.1, -0.05) is 5.16 Å². The predicted molar refractivity (Wildman–Crippen MR) is 127 cm³/mol. The lowest BCUT2D eigenvalue weighted by Gasteiger charge is -2.48. The van der Waals surface area contributed by atoms with Crippen molar-refractivity contribution in [2.24, 2.45) is 5.41 Å². The molecule has 2 amide bonds. The van der Waals surface area contributed by atoms with Gasteiger partial charge in [0.15, 0.2) is 5.82 Å². The van der Waals surface area contributed by atoms with Gasteiger partial charge in [0.1, 0.15) is 11.7 Å². The van der Waals surface area contributed by atoms with Crippen molar-refractivity contribution in [3.05, 3.63) is 58.1 Å². The van der Waals surface area contributed by atoms with Gasteiger partial charge in [-0.15, -0.1) is 0 Å². The molecule has 194 valence electrons. The zero-order valence-corrected chi connectivity index (χ0v) is 20.4. The van der Waals surface area contributed by atoms with Gasteiger partial charge in [-0.25, -0.2) is 4.98 Å². The van der Waals surface area contributed by atoms with Crippen LogP contribution < -0.4 is 5.56 Å². The molecule has 0 bridgehead atoms. The first-order valence-electron chi connectivity index (χ1n) is 12.5. The molecule has 0 aliphatic carbocycles. The minimum atomic E-state index is -0.376. The number of hydrogen-bond acceptors (Lipinski definition) is 9. The van der Waals surface area contributed by atoms with E-state index in [1.54, 1.807) is 9.80 Å². The van der Waals surface area contributed by atoms with E-state index >= 15 is 0 Å². The third-order valence-corrected chi connectivity index (χ3v) is 7.80. The lowest BCUT2D eigenvalue weighted by atomic mass is 9.71. The molecule has 37 heavy (non-hydrogen) atoms. The number of hydrogen-bond donors (Lipinski definition) is 1. The molecule has 13 heteroatoms. The summed E-state index contributed by atoms with van der Waals surface area (Å²) in [6.45, 7) is 5.24. The molecule has 3 aliphatic heterocycles. The van der Waals surface area contributed by atoms with Gasteiger partial charge in [0, 0.05) is 63.1 Å². The molecule has 0 saturated carbocycles. The number of H-pyrrole nitrogens is 1. The minimum absolute atomic E-state index is 0.156. The molecule has 3 aliphatic rings. The Morgan fingerprint density at radius 3 is 2.81 bits per heavy atom. The van der Waals surface area contributed by atoms with E-state index in [9.17, 15) is 14.4 Å². The van der Waals surface area contributed by atoms with E-state index in [0.29, 0.717) is 43.8 Å². The van der Waals surface area contributed by atoms with Crippen LogP contribution in [-0.2, 0) is 9.53 Å². The highest BCUT2D eigenvalue weighted by Crippen LogP contribution is 2.48. The predicted octanol–water partition coefficient (Wildman–Crippen LogP) is 0.551. The molecule has 3 aromatic rings. The van der Waals surface area contributed by atoms with Crippen molar-refractivity contribution < 1.29 is 18.8 Å². The van der Waals surface area contributed by atoms with Crippen LogP contribution in [0.25, 0.3) is 0 Å². The summed E-state index contributed by atoms with van der Waals surface area (Å²) in [5.41, 5.74) is 0.449. The SMILES string of the molecule is CC(c1nc(C2CN(C(=O)c3c[nH]c(=O)cn3)CC23CN(C=O)C3)no1)n1ccc(C2CCOCC2)n1. The number of carbonyl (C=O) groups is 2. The van der Waals surface area contributed by atoms with Crippen LogP contribution >= 0.6 is 0 Å². The van der Waals surface area contributed by atoms with Crippen LogP contribution in [0.15, 0.2) is 34.0 Å². The Morgan fingerprint density at radius 1 is 1.27 bits per heavy atom. The quantitative estimate of drug-likeness (QED) is 0.470. The smallest absolute Gasteiger partial charge is 0.274 e. The molecule has 1 N–H and O–H groups in total. The van der Waals surface area contributed by atoms with Crippen LogP contribution in [0.4, 0.5) is 0 Å². The molecule has 0 radical (unpaired) electrons. The number of likely N-dealkylation sites (tertiary alicyclic amines) is 2. The molecule has 3 aromatic heterocycles. The summed E-state index contributed by atoms with van der Waals surface area (Å²) < 4.78 is 13.0. The first-order chi connectivity index (χ1) is 18.0. The summed E-state index contributed by atoms with van der Waals surface area (Å²) in [4.78, 5) is 50.4. The fourth-order valence-electron chi connectivity index (χ4n) is 5.71. The van der Waals surface area contributed by atoms with Crippen LogP contribution in [0.2, 0.25) is 0 Å². The number of rotatable bonds is 6. The molecule has 3 fully saturated rings. The van der Waals surface area contributed by atoms with Gasteiger partial charge in [0.2, 0.25) is 6.41 Å². The molecular formula is C24H28N8O5. The third kappa shape index (κ3) is 4.22. The fraction of sp³-hybridized carbons (Fsp3) is 0.542. The van der Waals surface area contributed by atoms with Gasteiger partial charge >= 0.3 is 0 Å². The van der Waals surface area contributed by atoms with E-state index in [-0.39, 0.29) is 34.5 Å². The Balaban J connectivity index is 1.22. The van der Waals surface area contributed by atoms with E-state index in [2.05, 4.69) is 15.1 Å². The Bertz CT molecular complexity index is 1330. The van der Waals surface area contributed by atoms with Crippen molar-refractivity contribution in [3.8, 4) is 0 Å². The van der Waals surface area contributed by atoms with Crippen molar-refractivity contribution in [2.45, 2.75) is 37.6 Å². The Labute approximate surface area is 211 Å². The molecule has 6 rings (SSSR count). The van der Waals surface area contributed by atoms with Gasteiger partial charge in [-0.3, -0.25) is 19.1 Å². The van der Waals surface area contributed by atoms with E-state index in [1.165, 1.54) is 6.20 Å². The number of aromatic nitrogens is 6. The monoisotopic (exact) mass is 508 g/mol. The number of nitrogens with one attached hydrogen (secondary N) is 1. The highest BCUT2D eigenvalue weighted by Gasteiger charge is 2.57. The van der Waals surface area contributed by atoms with Crippen molar-refractivity contribution in [3.63, 3.8) is 0 Å². The van der Waals surface area contributed by atoms with E-state index in [1.807, 2.05) is 23.9 Å². The summed E-state index contributed by atoms with van der Waals surface area (Å²) in [6.07, 6.45) is 7.07. The maximum atomic E-state index is 13.1. The fourth-order valence-corrected chi connectivity index (χ4v) is 5.71. The third-order valence-electron chi connectivity index (χ3n) is 7.80. The van der Waals surface area contributed by atoms with Crippen molar-refractivity contribution in [1.29, 1.82) is 0 Å². The lowest BCUT2D eigenvalue weighted by Crippen LogP contribution is -2.59.